The molecule has 0 aliphatic heterocycles. The van der Waals surface area contributed by atoms with Crippen LogP contribution in [-0.4, -0.2) is 22.0 Å². The normalized spacial score (nSPS) is 10.6. The van der Waals surface area contributed by atoms with Gasteiger partial charge in [-0.05, 0) is 37.1 Å². The number of hydrogen-bond donors (Lipinski definition) is 2. The SMILES string of the molecule is COc1ccccc1CSc1nnc(Nc2cccc(C)c2C)c(=O)n1N. The second-order valence-electron chi connectivity index (χ2n) is 5.98. The lowest BCUT2D eigenvalue weighted by Crippen LogP contribution is -2.32. The van der Waals surface area contributed by atoms with Gasteiger partial charge in [-0.2, -0.15) is 4.68 Å². The van der Waals surface area contributed by atoms with Gasteiger partial charge in [-0.25, -0.2) is 0 Å². The number of aryl methyl sites for hydroxylation is 1. The van der Waals surface area contributed by atoms with E-state index >= 15 is 0 Å². The Morgan fingerprint density at radius 1 is 1.15 bits per heavy atom. The van der Waals surface area contributed by atoms with Crippen LogP contribution in [-0.2, 0) is 5.75 Å². The maximum atomic E-state index is 12.6. The predicted molar refractivity (Wildman–Crippen MR) is 108 cm³/mol. The van der Waals surface area contributed by atoms with Crippen molar-refractivity contribution < 1.29 is 4.74 Å². The molecular weight excluding hydrogens is 362 g/mol. The summed E-state index contributed by atoms with van der Waals surface area (Å²) in [6.45, 7) is 3.98. The number of nitrogens with one attached hydrogen (secondary N) is 1. The van der Waals surface area contributed by atoms with Gasteiger partial charge in [-0.1, -0.05) is 42.1 Å². The molecule has 3 aromatic rings. The topological polar surface area (TPSA) is 95.1 Å². The van der Waals surface area contributed by atoms with E-state index in [2.05, 4.69) is 15.5 Å². The lowest BCUT2D eigenvalue weighted by atomic mass is 10.1. The van der Waals surface area contributed by atoms with Gasteiger partial charge in [0.1, 0.15) is 5.75 Å². The van der Waals surface area contributed by atoms with E-state index < -0.39 is 5.56 Å². The first kappa shape index (κ1) is 18.8. The Hall–Kier alpha value is -3.00. The molecule has 1 heterocycles. The summed E-state index contributed by atoms with van der Waals surface area (Å²) in [4.78, 5) is 12.6. The first-order chi connectivity index (χ1) is 13.0. The molecule has 7 nitrogen and oxygen atoms in total. The highest BCUT2D eigenvalue weighted by Gasteiger charge is 2.13. The summed E-state index contributed by atoms with van der Waals surface area (Å²) in [6.07, 6.45) is 0. The van der Waals surface area contributed by atoms with E-state index in [1.165, 1.54) is 11.8 Å². The van der Waals surface area contributed by atoms with Crippen molar-refractivity contribution in [3.05, 3.63) is 69.5 Å². The number of nitrogens with two attached hydrogens (primary N) is 1. The largest absolute Gasteiger partial charge is 0.496 e. The van der Waals surface area contributed by atoms with E-state index in [1.807, 2.05) is 56.3 Å². The van der Waals surface area contributed by atoms with Crippen molar-refractivity contribution in [2.24, 2.45) is 0 Å². The summed E-state index contributed by atoms with van der Waals surface area (Å²) in [5.74, 6) is 7.37. The molecule has 0 atom stereocenters. The van der Waals surface area contributed by atoms with Crippen LogP contribution in [0.2, 0.25) is 0 Å². The summed E-state index contributed by atoms with van der Waals surface area (Å²) in [6, 6.07) is 13.5. The summed E-state index contributed by atoms with van der Waals surface area (Å²) in [5.41, 5.74) is 3.50. The van der Waals surface area contributed by atoms with Crippen molar-refractivity contribution in [3.63, 3.8) is 0 Å². The third-order valence-electron chi connectivity index (χ3n) is 4.27. The van der Waals surface area contributed by atoms with Gasteiger partial charge in [0.25, 0.3) is 0 Å². The van der Waals surface area contributed by atoms with Gasteiger partial charge < -0.3 is 15.9 Å². The van der Waals surface area contributed by atoms with E-state index in [1.54, 1.807) is 7.11 Å². The van der Waals surface area contributed by atoms with Crippen molar-refractivity contribution in [1.29, 1.82) is 0 Å². The summed E-state index contributed by atoms with van der Waals surface area (Å²) in [7, 11) is 1.62. The van der Waals surface area contributed by atoms with Crippen molar-refractivity contribution in [2.45, 2.75) is 24.8 Å². The van der Waals surface area contributed by atoms with Crippen LogP contribution in [0.15, 0.2) is 52.4 Å². The van der Waals surface area contributed by atoms with Gasteiger partial charge in [-0.3, -0.25) is 4.79 Å². The zero-order valence-electron chi connectivity index (χ0n) is 15.4. The van der Waals surface area contributed by atoms with Crippen molar-refractivity contribution in [3.8, 4) is 5.75 Å². The van der Waals surface area contributed by atoms with Crippen molar-refractivity contribution >= 4 is 23.3 Å². The number of anilines is 2. The van der Waals surface area contributed by atoms with Crippen LogP contribution < -0.4 is 21.5 Å². The summed E-state index contributed by atoms with van der Waals surface area (Å²) >= 11 is 1.32. The molecule has 3 N–H and O–H groups in total. The van der Waals surface area contributed by atoms with Gasteiger partial charge in [0, 0.05) is 17.0 Å². The van der Waals surface area contributed by atoms with Crippen LogP contribution in [0.3, 0.4) is 0 Å². The quantitative estimate of drug-likeness (QED) is 0.499. The highest BCUT2D eigenvalue weighted by molar-refractivity contribution is 7.98. The Bertz CT molecular complexity index is 1020. The van der Waals surface area contributed by atoms with E-state index in [0.717, 1.165) is 32.8 Å². The Labute approximate surface area is 161 Å². The van der Waals surface area contributed by atoms with Crippen LogP contribution in [0.25, 0.3) is 0 Å². The molecule has 0 saturated carbocycles. The molecule has 0 amide bonds. The molecular formula is C19H21N5O2S. The van der Waals surface area contributed by atoms with Crippen LogP contribution in [0.1, 0.15) is 16.7 Å². The van der Waals surface area contributed by atoms with Crippen molar-refractivity contribution in [2.75, 3.05) is 18.3 Å². The third-order valence-corrected chi connectivity index (χ3v) is 5.26. The van der Waals surface area contributed by atoms with Gasteiger partial charge in [-0.15, -0.1) is 10.2 Å². The highest BCUT2D eigenvalue weighted by Crippen LogP contribution is 2.26. The monoisotopic (exact) mass is 383 g/mol. The predicted octanol–water partition coefficient (Wildman–Crippen LogP) is 3.01. The van der Waals surface area contributed by atoms with Crippen LogP contribution in [0.5, 0.6) is 5.75 Å². The maximum absolute atomic E-state index is 12.6. The molecule has 27 heavy (non-hydrogen) atoms. The minimum absolute atomic E-state index is 0.0906. The molecule has 0 aliphatic carbocycles. The fraction of sp³-hybridized carbons (Fsp3) is 0.211. The molecule has 0 unspecified atom stereocenters. The zero-order chi connectivity index (χ0) is 19.4. The van der Waals surface area contributed by atoms with Crippen LogP contribution in [0.4, 0.5) is 11.5 Å². The maximum Gasteiger partial charge on any atom is 0.315 e. The lowest BCUT2D eigenvalue weighted by Gasteiger charge is -2.12. The van der Waals surface area contributed by atoms with Gasteiger partial charge in [0.15, 0.2) is 0 Å². The molecule has 8 heteroatoms. The number of para-hydroxylation sites is 1. The van der Waals surface area contributed by atoms with Gasteiger partial charge in [0.2, 0.25) is 11.0 Å². The van der Waals surface area contributed by atoms with Gasteiger partial charge >= 0.3 is 5.56 Å². The minimum atomic E-state index is -0.437. The average molecular weight is 383 g/mol. The molecule has 3 rings (SSSR count). The van der Waals surface area contributed by atoms with E-state index in [-0.39, 0.29) is 5.82 Å². The number of hydrogen-bond acceptors (Lipinski definition) is 7. The van der Waals surface area contributed by atoms with Crippen LogP contribution in [0, 0.1) is 13.8 Å². The molecule has 0 fully saturated rings. The molecule has 1 aromatic heterocycles. The number of thioether (sulfide) groups is 1. The van der Waals surface area contributed by atoms with E-state index in [9.17, 15) is 4.79 Å². The number of aromatic nitrogens is 3. The fourth-order valence-electron chi connectivity index (χ4n) is 2.54. The average Bonchev–Trinajstić information content (AvgIpc) is 2.68. The second-order valence-corrected chi connectivity index (χ2v) is 6.92. The molecule has 140 valence electrons. The molecule has 0 saturated heterocycles. The first-order valence-electron chi connectivity index (χ1n) is 8.34. The lowest BCUT2D eigenvalue weighted by molar-refractivity contribution is 0.411. The second kappa shape index (κ2) is 8.13. The highest BCUT2D eigenvalue weighted by atomic mass is 32.2. The molecule has 0 bridgehead atoms. The number of nitrogens with zero attached hydrogens (tertiary/aromatic N) is 3. The Morgan fingerprint density at radius 2 is 1.93 bits per heavy atom. The number of ether oxygens (including phenoxy) is 1. The van der Waals surface area contributed by atoms with Gasteiger partial charge in [0.05, 0.1) is 7.11 Å². The molecule has 0 aliphatic rings. The molecule has 0 radical (unpaired) electrons. The Kier molecular flexibility index (Phi) is 5.66. The number of benzene rings is 2. The standard InChI is InChI=1S/C19H21N5O2S/c1-12-7-6-9-15(13(12)2)21-17-18(25)24(20)19(23-22-17)27-11-14-8-4-5-10-16(14)26-3/h4-10H,11,20H2,1-3H3,(H,21,22). The number of nitrogen functional groups attached to an aromatic ring is 1. The van der Waals surface area contributed by atoms with Crippen molar-refractivity contribution in [1.82, 2.24) is 14.9 Å². The number of rotatable bonds is 6. The van der Waals surface area contributed by atoms with E-state index in [0.29, 0.717) is 10.9 Å². The zero-order valence-corrected chi connectivity index (χ0v) is 16.2. The summed E-state index contributed by atoms with van der Waals surface area (Å²) in [5, 5.41) is 11.5. The molecule has 0 spiro atoms. The fourth-order valence-corrected chi connectivity index (χ4v) is 3.38. The van der Waals surface area contributed by atoms with Crippen LogP contribution >= 0.6 is 11.8 Å². The van der Waals surface area contributed by atoms with E-state index in [4.69, 9.17) is 10.6 Å². The smallest absolute Gasteiger partial charge is 0.315 e. The minimum Gasteiger partial charge on any atom is -0.496 e. The number of methoxy groups -OCH3 is 1. The summed E-state index contributed by atoms with van der Waals surface area (Å²) < 4.78 is 6.35. The molecule has 2 aromatic carbocycles. The Balaban J connectivity index is 1.81. The third kappa shape index (κ3) is 4.06. The first-order valence-corrected chi connectivity index (χ1v) is 9.32. The Morgan fingerprint density at radius 3 is 2.70 bits per heavy atom.